The SMILES string of the molecule is Cc1ccc([C]=O)c([C]=O)c1[C]=O. The Bertz CT molecular complexity index is 367. The van der Waals surface area contributed by atoms with Crippen LogP contribution in [-0.4, -0.2) is 18.9 Å². The van der Waals surface area contributed by atoms with E-state index < -0.39 is 0 Å². The molecule has 1 aromatic carbocycles. The first kappa shape index (κ1) is 9.32. The predicted octanol–water partition coefficient (Wildman–Crippen LogP) is 0.368. The van der Waals surface area contributed by atoms with Crippen molar-refractivity contribution in [1.82, 2.24) is 0 Å². The topological polar surface area (TPSA) is 51.2 Å². The van der Waals surface area contributed by atoms with E-state index >= 15 is 0 Å². The van der Waals surface area contributed by atoms with Gasteiger partial charge < -0.3 is 0 Å². The van der Waals surface area contributed by atoms with Gasteiger partial charge >= 0.3 is 0 Å². The maximum Gasteiger partial charge on any atom is 0.235 e. The Morgan fingerprint density at radius 1 is 0.923 bits per heavy atom. The molecule has 0 aliphatic heterocycles. The largest absolute Gasteiger partial charge is 0.285 e. The second kappa shape index (κ2) is 3.76. The average Bonchev–Trinajstić information content (AvgIpc) is 2.17. The van der Waals surface area contributed by atoms with Gasteiger partial charge in [-0.25, -0.2) is 0 Å². The third kappa shape index (κ3) is 1.54. The fraction of sp³-hybridized carbons (Fsp3) is 0.100. The molecule has 0 spiro atoms. The monoisotopic (exact) mass is 173 g/mol. The van der Waals surface area contributed by atoms with Crippen LogP contribution in [0.15, 0.2) is 12.1 Å². The van der Waals surface area contributed by atoms with E-state index in [-0.39, 0.29) is 16.7 Å². The van der Waals surface area contributed by atoms with Gasteiger partial charge in [0.05, 0.1) is 0 Å². The van der Waals surface area contributed by atoms with Crippen molar-refractivity contribution in [3.63, 3.8) is 0 Å². The van der Waals surface area contributed by atoms with Gasteiger partial charge in [0.2, 0.25) is 18.9 Å². The normalized spacial score (nSPS) is 9.31. The second-order valence-corrected chi connectivity index (χ2v) is 2.49. The van der Waals surface area contributed by atoms with Gasteiger partial charge in [-0.05, 0) is 18.6 Å². The molecule has 3 nitrogen and oxygen atoms in total. The van der Waals surface area contributed by atoms with Crippen molar-refractivity contribution in [2.75, 3.05) is 0 Å². The highest BCUT2D eigenvalue weighted by Gasteiger charge is 2.11. The number of aryl methyl sites for hydroxylation is 1. The van der Waals surface area contributed by atoms with Crippen LogP contribution in [0.2, 0.25) is 0 Å². The van der Waals surface area contributed by atoms with Crippen molar-refractivity contribution in [3.8, 4) is 0 Å². The van der Waals surface area contributed by atoms with E-state index in [9.17, 15) is 14.4 Å². The third-order valence-electron chi connectivity index (χ3n) is 1.73. The summed E-state index contributed by atoms with van der Waals surface area (Å²) in [6, 6.07) is 2.98. The molecule has 0 heterocycles. The van der Waals surface area contributed by atoms with Crippen molar-refractivity contribution < 1.29 is 14.4 Å². The van der Waals surface area contributed by atoms with Crippen molar-refractivity contribution in [3.05, 3.63) is 34.4 Å². The Morgan fingerprint density at radius 3 is 2.00 bits per heavy atom. The summed E-state index contributed by atoms with van der Waals surface area (Å²) in [5, 5.41) is 0. The fourth-order valence-corrected chi connectivity index (χ4v) is 1.03. The molecule has 0 unspecified atom stereocenters. The lowest BCUT2D eigenvalue weighted by Crippen LogP contribution is -2.00. The zero-order valence-electron chi connectivity index (χ0n) is 6.88. The average molecular weight is 173 g/mol. The summed E-state index contributed by atoms with van der Waals surface area (Å²) < 4.78 is 0. The van der Waals surface area contributed by atoms with E-state index in [1.165, 1.54) is 12.4 Å². The van der Waals surface area contributed by atoms with Crippen LogP contribution >= 0.6 is 0 Å². The molecule has 0 saturated carbocycles. The molecule has 1 aromatic rings. The highest BCUT2D eigenvalue weighted by atomic mass is 16.1. The lowest BCUT2D eigenvalue weighted by atomic mass is 9.99. The number of rotatable bonds is 3. The molecule has 0 aromatic heterocycles. The van der Waals surface area contributed by atoms with Gasteiger partial charge in [0, 0.05) is 16.7 Å². The lowest BCUT2D eigenvalue weighted by Gasteiger charge is -2.01. The van der Waals surface area contributed by atoms with E-state index in [0.29, 0.717) is 5.56 Å². The Kier molecular flexibility index (Phi) is 2.69. The summed E-state index contributed by atoms with van der Waals surface area (Å²) in [7, 11) is 0. The Labute approximate surface area is 75.4 Å². The van der Waals surface area contributed by atoms with E-state index in [1.807, 2.05) is 0 Å². The minimum Gasteiger partial charge on any atom is -0.285 e. The molecule has 0 saturated heterocycles. The quantitative estimate of drug-likeness (QED) is 0.663. The first-order chi connectivity index (χ1) is 6.24. The van der Waals surface area contributed by atoms with Gasteiger partial charge in [0.1, 0.15) is 0 Å². The van der Waals surface area contributed by atoms with Gasteiger partial charge in [-0.3, -0.25) is 14.4 Å². The third-order valence-corrected chi connectivity index (χ3v) is 1.73. The molecule has 1 rings (SSSR count). The number of benzene rings is 1. The van der Waals surface area contributed by atoms with Gasteiger partial charge in [-0.1, -0.05) is 6.07 Å². The van der Waals surface area contributed by atoms with Crippen LogP contribution < -0.4 is 0 Å². The lowest BCUT2D eigenvalue weighted by molar-refractivity contribution is 0.556. The zero-order chi connectivity index (χ0) is 9.84. The summed E-state index contributed by atoms with van der Waals surface area (Å²) in [6.07, 6.45) is 4.69. The molecule has 0 aliphatic carbocycles. The molecule has 0 N–H and O–H groups in total. The molecular formula is C10H5O3. The van der Waals surface area contributed by atoms with Crippen molar-refractivity contribution in [1.29, 1.82) is 0 Å². The van der Waals surface area contributed by atoms with Crippen molar-refractivity contribution in [2.45, 2.75) is 6.92 Å². The number of carbonyl (C=O) groups excluding carboxylic acids is 3. The molecule has 13 heavy (non-hydrogen) atoms. The molecular weight excluding hydrogens is 168 g/mol. The van der Waals surface area contributed by atoms with E-state index in [2.05, 4.69) is 0 Å². The predicted molar refractivity (Wildman–Crippen MR) is 45.6 cm³/mol. The van der Waals surface area contributed by atoms with E-state index in [4.69, 9.17) is 0 Å². The highest BCUT2D eigenvalue weighted by Crippen LogP contribution is 2.13. The summed E-state index contributed by atoms with van der Waals surface area (Å²) in [5.41, 5.74) is 0.646. The minimum absolute atomic E-state index is 0.0407. The second-order valence-electron chi connectivity index (χ2n) is 2.49. The first-order valence-corrected chi connectivity index (χ1v) is 3.52. The number of hydrogen-bond donors (Lipinski definition) is 0. The summed E-state index contributed by atoms with van der Waals surface area (Å²) in [4.78, 5) is 31.2. The molecule has 0 bridgehead atoms. The molecule has 3 radical (unpaired) electrons. The van der Waals surface area contributed by atoms with Crippen LogP contribution in [0.25, 0.3) is 0 Å². The molecule has 0 aliphatic rings. The van der Waals surface area contributed by atoms with Crippen LogP contribution in [0.3, 0.4) is 0 Å². The van der Waals surface area contributed by atoms with Crippen molar-refractivity contribution in [2.24, 2.45) is 0 Å². The van der Waals surface area contributed by atoms with Crippen LogP contribution in [0.1, 0.15) is 22.3 Å². The molecule has 63 valence electrons. The highest BCUT2D eigenvalue weighted by molar-refractivity contribution is 5.99. The van der Waals surface area contributed by atoms with Crippen LogP contribution in [-0.2, 0) is 14.4 Å². The van der Waals surface area contributed by atoms with Gasteiger partial charge in [-0.15, -0.1) is 0 Å². The van der Waals surface area contributed by atoms with E-state index in [0.717, 1.165) is 0 Å². The Morgan fingerprint density at radius 2 is 1.54 bits per heavy atom. The van der Waals surface area contributed by atoms with Crippen LogP contribution in [0.5, 0.6) is 0 Å². The molecule has 0 fully saturated rings. The smallest absolute Gasteiger partial charge is 0.235 e. The zero-order valence-corrected chi connectivity index (χ0v) is 6.88. The number of hydrogen-bond acceptors (Lipinski definition) is 3. The Balaban J connectivity index is 3.53. The van der Waals surface area contributed by atoms with Crippen LogP contribution in [0.4, 0.5) is 0 Å². The van der Waals surface area contributed by atoms with Crippen molar-refractivity contribution >= 4 is 18.9 Å². The summed E-state index contributed by atoms with van der Waals surface area (Å²) in [6.45, 7) is 1.65. The van der Waals surface area contributed by atoms with Gasteiger partial charge in [0.25, 0.3) is 0 Å². The fourth-order valence-electron chi connectivity index (χ4n) is 1.03. The minimum atomic E-state index is -0.0648. The summed E-state index contributed by atoms with van der Waals surface area (Å²) in [5.74, 6) is 0. The standard InChI is InChI=1S/C10H5O3/c1-7-2-3-8(4-11)10(6-13)9(7)5-12/h2-3H,1H3. The van der Waals surface area contributed by atoms with Gasteiger partial charge in [0.15, 0.2) is 0 Å². The molecule has 0 atom stereocenters. The van der Waals surface area contributed by atoms with Crippen LogP contribution in [0, 0.1) is 6.92 Å². The maximum absolute atomic E-state index is 10.4. The Hall–Kier alpha value is -1.77. The first-order valence-electron chi connectivity index (χ1n) is 3.52. The van der Waals surface area contributed by atoms with Gasteiger partial charge in [-0.2, -0.15) is 0 Å². The summed E-state index contributed by atoms with van der Waals surface area (Å²) >= 11 is 0. The molecule has 3 heteroatoms. The maximum atomic E-state index is 10.4. The molecule has 0 amide bonds. The van der Waals surface area contributed by atoms with E-state index in [1.54, 1.807) is 25.6 Å².